The summed E-state index contributed by atoms with van der Waals surface area (Å²) in [5.74, 6) is -0.466. The zero-order valence-corrected chi connectivity index (χ0v) is 38.0. The fourth-order valence-corrected chi connectivity index (χ4v) is 6.27. The number of hydrogen-bond donors (Lipinski definition) is 0. The van der Waals surface area contributed by atoms with Crippen LogP contribution in [0.1, 0.15) is 213 Å². The van der Waals surface area contributed by atoms with Gasteiger partial charge in [0.1, 0.15) is 6.61 Å². The number of carbonyl (C=O) groups is 2. The topological polar surface area (TPSA) is 61.8 Å². The largest absolute Gasteiger partial charge is 0.462 e. The Bertz CT molecular complexity index is 1090. The van der Waals surface area contributed by atoms with Crippen molar-refractivity contribution >= 4 is 11.9 Å². The van der Waals surface area contributed by atoms with E-state index in [-0.39, 0.29) is 25.2 Å². The molecular formula is C53H90O5. The van der Waals surface area contributed by atoms with Gasteiger partial charge < -0.3 is 14.2 Å². The lowest BCUT2D eigenvalue weighted by atomic mass is 10.1. The Balaban J connectivity index is 4.35. The van der Waals surface area contributed by atoms with E-state index < -0.39 is 6.10 Å². The molecule has 0 amide bonds. The number of ether oxygens (including phenoxy) is 3. The van der Waals surface area contributed by atoms with E-state index in [1.165, 1.54) is 89.9 Å². The van der Waals surface area contributed by atoms with Gasteiger partial charge in [-0.2, -0.15) is 0 Å². The molecular weight excluding hydrogens is 717 g/mol. The van der Waals surface area contributed by atoms with Crippen molar-refractivity contribution in [2.45, 2.75) is 219 Å². The molecule has 0 aromatic carbocycles. The number of allylic oxidation sites excluding steroid dienone is 14. The van der Waals surface area contributed by atoms with Gasteiger partial charge in [-0.15, -0.1) is 0 Å². The molecule has 0 spiro atoms. The highest BCUT2D eigenvalue weighted by Crippen LogP contribution is 2.12. The van der Waals surface area contributed by atoms with E-state index in [9.17, 15) is 9.59 Å². The average Bonchev–Trinajstić information content (AvgIpc) is 3.22. The molecule has 0 rings (SSSR count). The second kappa shape index (κ2) is 48.4. The summed E-state index contributed by atoms with van der Waals surface area (Å²) < 4.78 is 17.3. The van der Waals surface area contributed by atoms with Crippen LogP contribution in [0.2, 0.25) is 0 Å². The van der Waals surface area contributed by atoms with Crippen LogP contribution in [0.4, 0.5) is 0 Å². The number of carbonyl (C=O) groups excluding carboxylic acids is 2. The van der Waals surface area contributed by atoms with Gasteiger partial charge in [0, 0.05) is 19.4 Å². The van der Waals surface area contributed by atoms with E-state index in [0.717, 1.165) is 89.9 Å². The zero-order chi connectivity index (χ0) is 42.1. The van der Waals surface area contributed by atoms with E-state index in [0.29, 0.717) is 19.4 Å². The summed E-state index contributed by atoms with van der Waals surface area (Å²) in [6.07, 6.45) is 63.0. The lowest BCUT2D eigenvalue weighted by molar-refractivity contribution is -0.163. The van der Waals surface area contributed by atoms with E-state index in [4.69, 9.17) is 14.2 Å². The fraction of sp³-hybridized carbons (Fsp3) is 0.698. The van der Waals surface area contributed by atoms with Crippen molar-refractivity contribution in [1.82, 2.24) is 0 Å². The van der Waals surface area contributed by atoms with Crippen LogP contribution in [0, 0.1) is 0 Å². The Kier molecular flexibility index (Phi) is 46.0. The Labute approximate surface area is 359 Å². The number of hydrogen-bond acceptors (Lipinski definition) is 5. The second-order valence-electron chi connectivity index (χ2n) is 15.6. The molecule has 5 nitrogen and oxygen atoms in total. The molecule has 0 N–H and O–H groups in total. The van der Waals surface area contributed by atoms with Crippen molar-refractivity contribution in [3.05, 3.63) is 85.1 Å². The molecule has 1 atom stereocenters. The lowest BCUT2D eigenvalue weighted by Gasteiger charge is -2.18. The second-order valence-corrected chi connectivity index (χ2v) is 15.6. The molecule has 0 heterocycles. The third-order valence-corrected chi connectivity index (χ3v) is 9.88. The van der Waals surface area contributed by atoms with Crippen LogP contribution in [0.25, 0.3) is 0 Å². The molecule has 0 saturated carbocycles. The third kappa shape index (κ3) is 45.8. The summed E-state index contributed by atoms with van der Waals surface area (Å²) in [6, 6.07) is 0. The molecule has 0 bridgehead atoms. The smallest absolute Gasteiger partial charge is 0.306 e. The van der Waals surface area contributed by atoms with Gasteiger partial charge in [0.15, 0.2) is 6.10 Å². The van der Waals surface area contributed by atoms with E-state index in [2.05, 4.69) is 106 Å². The Morgan fingerprint density at radius 3 is 1.34 bits per heavy atom. The van der Waals surface area contributed by atoms with Crippen LogP contribution in [0.15, 0.2) is 85.1 Å². The maximum Gasteiger partial charge on any atom is 0.306 e. The van der Waals surface area contributed by atoms with E-state index in [1.54, 1.807) is 0 Å². The molecule has 0 fully saturated rings. The maximum absolute atomic E-state index is 12.7. The number of esters is 2. The van der Waals surface area contributed by atoms with Gasteiger partial charge in [-0.1, -0.05) is 176 Å². The van der Waals surface area contributed by atoms with Crippen molar-refractivity contribution in [2.24, 2.45) is 0 Å². The summed E-state index contributed by atoms with van der Waals surface area (Å²) in [5, 5.41) is 0. The highest BCUT2D eigenvalue weighted by Gasteiger charge is 2.17. The van der Waals surface area contributed by atoms with Crippen molar-refractivity contribution in [1.29, 1.82) is 0 Å². The Morgan fingerprint density at radius 1 is 0.397 bits per heavy atom. The Hall–Kier alpha value is -2.92. The van der Waals surface area contributed by atoms with Crippen LogP contribution in [-0.4, -0.2) is 37.9 Å². The maximum atomic E-state index is 12.7. The van der Waals surface area contributed by atoms with E-state index >= 15 is 0 Å². The Morgan fingerprint density at radius 2 is 0.793 bits per heavy atom. The first-order valence-electron chi connectivity index (χ1n) is 24.1. The molecule has 0 aliphatic carbocycles. The van der Waals surface area contributed by atoms with Crippen LogP contribution >= 0.6 is 0 Å². The lowest BCUT2D eigenvalue weighted by Crippen LogP contribution is -2.30. The van der Waals surface area contributed by atoms with Gasteiger partial charge in [-0.3, -0.25) is 9.59 Å². The monoisotopic (exact) mass is 807 g/mol. The summed E-state index contributed by atoms with van der Waals surface area (Å²) >= 11 is 0. The zero-order valence-electron chi connectivity index (χ0n) is 38.0. The SMILES string of the molecule is CC/C=C\C/C=C\C/C=C\C/C=C\CCCCC(=O)OCC(COCCCCCCCC/C=C\C/C=C\CCCCC)OC(=O)CCCCCCC/C=C\CCCC. The molecule has 0 radical (unpaired) electrons. The van der Waals surface area contributed by atoms with Crippen LogP contribution in [-0.2, 0) is 23.8 Å². The summed E-state index contributed by atoms with van der Waals surface area (Å²) in [4.78, 5) is 25.3. The third-order valence-electron chi connectivity index (χ3n) is 9.88. The molecule has 332 valence electrons. The van der Waals surface area contributed by atoms with Gasteiger partial charge in [0.25, 0.3) is 0 Å². The molecule has 5 heteroatoms. The van der Waals surface area contributed by atoms with Crippen molar-refractivity contribution in [3.63, 3.8) is 0 Å². The van der Waals surface area contributed by atoms with Crippen molar-refractivity contribution < 1.29 is 23.8 Å². The predicted octanol–water partition coefficient (Wildman–Crippen LogP) is 16.1. The van der Waals surface area contributed by atoms with Crippen molar-refractivity contribution in [2.75, 3.05) is 19.8 Å². The van der Waals surface area contributed by atoms with Crippen LogP contribution in [0.5, 0.6) is 0 Å². The average molecular weight is 807 g/mol. The first-order chi connectivity index (χ1) is 28.6. The van der Waals surface area contributed by atoms with Gasteiger partial charge in [0.05, 0.1) is 6.61 Å². The van der Waals surface area contributed by atoms with Crippen molar-refractivity contribution in [3.8, 4) is 0 Å². The minimum absolute atomic E-state index is 0.0525. The van der Waals surface area contributed by atoms with E-state index in [1.807, 2.05) is 0 Å². The summed E-state index contributed by atoms with van der Waals surface area (Å²) in [5.41, 5.74) is 0. The highest BCUT2D eigenvalue weighted by molar-refractivity contribution is 5.70. The number of rotatable bonds is 43. The molecule has 1 unspecified atom stereocenters. The first kappa shape index (κ1) is 55.1. The quantitative estimate of drug-likeness (QED) is 0.0349. The minimum Gasteiger partial charge on any atom is -0.462 e. The van der Waals surface area contributed by atoms with Crippen LogP contribution < -0.4 is 0 Å². The van der Waals surface area contributed by atoms with Gasteiger partial charge in [-0.05, 0) is 109 Å². The molecule has 0 aliphatic rings. The molecule has 0 aromatic heterocycles. The first-order valence-corrected chi connectivity index (χ1v) is 24.1. The van der Waals surface area contributed by atoms with Gasteiger partial charge >= 0.3 is 11.9 Å². The fourth-order valence-electron chi connectivity index (χ4n) is 6.27. The summed E-state index contributed by atoms with van der Waals surface area (Å²) in [6.45, 7) is 7.57. The van der Waals surface area contributed by atoms with Gasteiger partial charge in [-0.25, -0.2) is 0 Å². The standard InChI is InChI=1S/C53H90O5/c1-4-7-10-13-16-19-22-24-26-28-30-33-36-39-42-45-48-56-49-51(58-53(55)47-44-41-38-35-31-21-18-15-12-9-6-3)50-57-52(54)46-43-40-37-34-32-29-27-25-23-20-17-14-11-8-5-2/h8,11,15-20,24-27,32,34,51H,4-7,9-10,12-14,21-23,28-31,33,35-50H2,1-3H3/b11-8-,18-15-,19-16-,20-17-,26-24-,27-25-,34-32-. The van der Waals surface area contributed by atoms with Gasteiger partial charge in [0.2, 0.25) is 0 Å². The molecule has 0 aromatic rings. The molecule has 0 saturated heterocycles. The normalized spacial score (nSPS) is 12.9. The summed E-state index contributed by atoms with van der Waals surface area (Å²) in [7, 11) is 0. The van der Waals surface area contributed by atoms with Crippen LogP contribution in [0.3, 0.4) is 0 Å². The number of unbranched alkanes of at least 4 members (excludes halogenated alkanes) is 18. The predicted molar refractivity (Wildman–Crippen MR) is 251 cm³/mol. The molecule has 0 aliphatic heterocycles. The minimum atomic E-state index is -0.565. The molecule has 58 heavy (non-hydrogen) atoms. The highest BCUT2D eigenvalue weighted by atomic mass is 16.6.